The fourth-order valence-corrected chi connectivity index (χ4v) is 1.66. The SMILES string of the molecule is O=c1[nH]c2c(cc1Cl)CCC2. The average Bonchev–Trinajstić information content (AvgIpc) is 2.36. The van der Waals surface area contributed by atoms with Crippen LogP contribution in [0.25, 0.3) is 0 Å². The molecule has 1 aromatic heterocycles. The Bertz CT molecular complexity index is 342. The van der Waals surface area contributed by atoms with Crippen LogP contribution in [0.5, 0.6) is 0 Å². The van der Waals surface area contributed by atoms with Crippen molar-refractivity contribution >= 4 is 11.6 Å². The molecular formula is C8H8ClNO. The lowest BCUT2D eigenvalue weighted by molar-refractivity contribution is 0.897. The summed E-state index contributed by atoms with van der Waals surface area (Å²) in [5, 5.41) is 0.311. The van der Waals surface area contributed by atoms with Gasteiger partial charge < -0.3 is 4.98 Å². The molecule has 0 saturated heterocycles. The Kier molecular flexibility index (Phi) is 1.50. The second-order valence-electron chi connectivity index (χ2n) is 2.80. The van der Waals surface area contributed by atoms with Gasteiger partial charge in [-0.2, -0.15) is 0 Å². The third-order valence-electron chi connectivity index (χ3n) is 2.04. The molecule has 0 aromatic carbocycles. The highest BCUT2D eigenvalue weighted by molar-refractivity contribution is 6.30. The molecule has 0 spiro atoms. The van der Waals surface area contributed by atoms with Gasteiger partial charge in [0.1, 0.15) is 5.02 Å². The molecule has 1 heterocycles. The van der Waals surface area contributed by atoms with Crippen molar-refractivity contribution < 1.29 is 0 Å². The number of hydrogen-bond donors (Lipinski definition) is 1. The first-order valence-electron chi connectivity index (χ1n) is 3.68. The lowest BCUT2D eigenvalue weighted by atomic mass is 10.2. The van der Waals surface area contributed by atoms with Crippen LogP contribution in [-0.2, 0) is 12.8 Å². The number of hydrogen-bond acceptors (Lipinski definition) is 1. The highest BCUT2D eigenvalue weighted by atomic mass is 35.5. The fourth-order valence-electron chi connectivity index (χ4n) is 1.48. The number of rotatable bonds is 0. The zero-order chi connectivity index (χ0) is 7.84. The summed E-state index contributed by atoms with van der Waals surface area (Å²) in [6, 6.07) is 1.78. The van der Waals surface area contributed by atoms with Crippen LogP contribution < -0.4 is 5.56 Å². The molecule has 1 aromatic rings. The van der Waals surface area contributed by atoms with E-state index in [9.17, 15) is 4.79 Å². The van der Waals surface area contributed by atoms with Gasteiger partial charge in [-0.05, 0) is 30.9 Å². The van der Waals surface area contributed by atoms with E-state index < -0.39 is 0 Å². The van der Waals surface area contributed by atoms with Gasteiger partial charge in [-0.1, -0.05) is 11.6 Å². The second-order valence-corrected chi connectivity index (χ2v) is 3.21. The molecule has 0 saturated carbocycles. The molecule has 1 aliphatic carbocycles. The molecule has 0 radical (unpaired) electrons. The molecule has 0 atom stereocenters. The van der Waals surface area contributed by atoms with Gasteiger partial charge in [0.25, 0.3) is 5.56 Å². The van der Waals surface area contributed by atoms with Crippen LogP contribution in [0.4, 0.5) is 0 Å². The smallest absolute Gasteiger partial charge is 0.266 e. The van der Waals surface area contributed by atoms with E-state index in [1.54, 1.807) is 6.07 Å². The number of pyridine rings is 1. The van der Waals surface area contributed by atoms with E-state index in [4.69, 9.17) is 11.6 Å². The van der Waals surface area contributed by atoms with Crippen LogP contribution in [0.15, 0.2) is 10.9 Å². The van der Waals surface area contributed by atoms with Crippen LogP contribution >= 0.6 is 11.6 Å². The molecular weight excluding hydrogens is 162 g/mol. The zero-order valence-corrected chi connectivity index (χ0v) is 6.74. The Hall–Kier alpha value is -0.760. The molecule has 58 valence electrons. The van der Waals surface area contributed by atoms with Crippen molar-refractivity contribution in [2.45, 2.75) is 19.3 Å². The molecule has 1 N–H and O–H groups in total. The van der Waals surface area contributed by atoms with E-state index in [0.29, 0.717) is 5.02 Å². The average molecular weight is 170 g/mol. The summed E-state index contributed by atoms with van der Waals surface area (Å²) in [6.45, 7) is 0. The fraction of sp³-hybridized carbons (Fsp3) is 0.375. The maximum absolute atomic E-state index is 11.0. The van der Waals surface area contributed by atoms with Gasteiger partial charge in [0, 0.05) is 5.69 Å². The van der Waals surface area contributed by atoms with Gasteiger partial charge in [0.15, 0.2) is 0 Å². The number of halogens is 1. The number of nitrogens with one attached hydrogen (secondary N) is 1. The van der Waals surface area contributed by atoms with Gasteiger partial charge in [-0.25, -0.2) is 0 Å². The lowest BCUT2D eigenvalue weighted by Crippen LogP contribution is -2.08. The molecule has 2 nitrogen and oxygen atoms in total. The van der Waals surface area contributed by atoms with Crippen molar-refractivity contribution in [3.05, 3.63) is 32.7 Å². The summed E-state index contributed by atoms with van der Waals surface area (Å²) < 4.78 is 0. The minimum Gasteiger partial charge on any atom is -0.325 e. The monoisotopic (exact) mass is 169 g/mol. The van der Waals surface area contributed by atoms with Gasteiger partial charge in [-0.3, -0.25) is 4.79 Å². The van der Waals surface area contributed by atoms with Crippen molar-refractivity contribution in [2.75, 3.05) is 0 Å². The normalized spacial score (nSPS) is 15.0. The van der Waals surface area contributed by atoms with Crippen LogP contribution in [0, 0.1) is 0 Å². The first-order chi connectivity index (χ1) is 5.27. The molecule has 0 aliphatic heterocycles. The zero-order valence-electron chi connectivity index (χ0n) is 5.98. The highest BCUT2D eigenvalue weighted by Gasteiger charge is 2.12. The van der Waals surface area contributed by atoms with Crippen molar-refractivity contribution in [2.24, 2.45) is 0 Å². The van der Waals surface area contributed by atoms with Crippen LogP contribution in [-0.4, -0.2) is 4.98 Å². The third-order valence-corrected chi connectivity index (χ3v) is 2.32. The van der Waals surface area contributed by atoms with Crippen LogP contribution in [0.2, 0.25) is 5.02 Å². The second kappa shape index (κ2) is 2.38. The number of aromatic amines is 1. The maximum atomic E-state index is 11.0. The lowest BCUT2D eigenvalue weighted by Gasteiger charge is -1.97. The van der Waals surface area contributed by atoms with Crippen molar-refractivity contribution in [1.82, 2.24) is 4.98 Å². The summed E-state index contributed by atoms with van der Waals surface area (Å²) in [5.41, 5.74) is 2.11. The number of aromatic nitrogens is 1. The summed E-state index contributed by atoms with van der Waals surface area (Å²) in [5.74, 6) is 0. The largest absolute Gasteiger partial charge is 0.325 e. The third kappa shape index (κ3) is 1.07. The highest BCUT2D eigenvalue weighted by Crippen LogP contribution is 2.19. The minimum atomic E-state index is -0.160. The minimum absolute atomic E-state index is 0.160. The molecule has 0 bridgehead atoms. The Morgan fingerprint density at radius 3 is 3.09 bits per heavy atom. The number of fused-ring (bicyclic) bond motifs is 1. The Morgan fingerprint density at radius 1 is 1.45 bits per heavy atom. The number of aryl methyl sites for hydroxylation is 2. The predicted molar refractivity (Wildman–Crippen MR) is 44.1 cm³/mol. The molecule has 1 aliphatic rings. The molecule has 11 heavy (non-hydrogen) atoms. The molecule has 0 unspecified atom stereocenters. The quantitative estimate of drug-likeness (QED) is 0.628. The van der Waals surface area contributed by atoms with Crippen LogP contribution in [0.1, 0.15) is 17.7 Å². The first-order valence-corrected chi connectivity index (χ1v) is 4.06. The number of H-pyrrole nitrogens is 1. The van der Waals surface area contributed by atoms with E-state index in [-0.39, 0.29) is 5.56 Å². The molecule has 0 fully saturated rings. The summed E-state index contributed by atoms with van der Waals surface area (Å²) >= 11 is 5.65. The van der Waals surface area contributed by atoms with Gasteiger partial charge >= 0.3 is 0 Å². The standard InChI is InChI=1S/C8H8ClNO/c9-6-4-5-2-1-3-7(5)10-8(6)11/h4H,1-3H2,(H,10,11). The molecule has 3 heteroatoms. The van der Waals surface area contributed by atoms with Gasteiger partial charge in [0.05, 0.1) is 0 Å². The van der Waals surface area contributed by atoms with Crippen LogP contribution in [0.3, 0.4) is 0 Å². The van der Waals surface area contributed by atoms with E-state index in [2.05, 4.69) is 4.98 Å². The Morgan fingerprint density at radius 2 is 2.27 bits per heavy atom. The topological polar surface area (TPSA) is 32.9 Å². The van der Waals surface area contributed by atoms with Crippen molar-refractivity contribution in [3.63, 3.8) is 0 Å². The Labute approximate surface area is 69.2 Å². The van der Waals surface area contributed by atoms with Crippen molar-refractivity contribution in [1.29, 1.82) is 0 Å². The van der Waals surface area contributed by atoms with E-state index in [0.717, 1.165) is 25.0 Å². The predicted octanol–water partition coefficient (Wildman–Crippen LogP) is 1.52. The summed E-state index contributed by atoms with van der Waals surface area (Å²) in [4.78, 5) is 13.8. The van der Waals surface area contributed by atoms with Gasteiger partial charge in [-0.15, -0.1) is 0 Å². The van der Waals surface area contributed by atoms with E-state index in [1.807, 2.05) is 0 Å². The molecule has 0 amide bonds. The Balaban J connectivity index is 2.66. The van der Waals surface area contributed by atoms with E-state index >= 15 is 0 Å². The summed E-state index contributed by atoms with van der Waals surface area (Å²) in [7, 11) is 0. The maximum Gasteiger partial charge on any atom is 0.266 e. The first kappa shape index (κ1) is 6.92. The van der Waals surface area contributed by atoms with Crippen molar-refractivity contribution in [3.8, 4) is 0 Å². The van der Waals surface area contributed by atoms with E-state index in [1.165, 1.54) is 5.56 Å². The van der Waals surface area contributed by atoms with Gasteiger partial charge in [0.2, 0.25) is 0 Å². The summed E-state index contributed by atoms with van der Waals surface area (Å²) in [6.07, 6.45) is 3.17. The molecule has 2 rings (SSSR count).